The van der Waals surface area contributed by atoms with Crippen molar-refractivity contribution in [3.05, 3.63) is 79.4 Å². The van der Waals surface area contributed by atoms with Gasteiger partial charge >= 0.3 is 0 Å². The SMILES string of the molecule is c1c[nH]cn1.c1ccc(B(c2ccccc2)C2CCCCC2)cc1. The molecule has 1 saturated carbocycles. The first-order chi connectivity index (χ1) is 11.9. The maximum absolute atomic E-state index is 3.67. The molecule has 1 aromatic heterocycles. The van der Waals surface area contributed by atoms with Crippen LogP contribution >= 0.6 is 0 Å². The highest BCUT2D eigenvalue weighted by atomic mass is 14.8. The van der Waals surface area contributed by atoms with Crippen LogP contribution in [0.2, 0.25) is 5.82 Å². The smallest absolute Gasteiger partial charge is 0.212 e. The van der Waals surface area contributed by atoms with Gasteiger partial charge in [0, 0.05) is 12.4 Å². The molecule has 1 N–H and O–H groups in total. The zero-order chi connectivity index (χ0) is 16.5. The predicted octanol–water partition coefficient (Wildman–Crippen LogP) is 4.04. The minimum absolute atomic E-state index is 0.586. The largest absolute Gasteiger partial charge is 0.351 e. The molecule has 1 aliphatic rings. The average Bonchev–Trinajstić information content (AvgIpc) is 3.25. The second kappa shape index (κ2) is 9.12. The molecule has 0 radical (unpaired) electrons. The fourth-order valence-electron chi connectivity index (χ4n) is 3.74. The van der Waals surface area contributed by atoms with Gasteiger partial charge < -0.3 is 4.98 Å². The highest BCUT2D eigenvalue weighted by molar-refractivity contribution is 6.86. The molecular weight excluding hydrogens is 291 g/mol. The Hall–Kier alpha value is -2.29. The number of H-pyrrole nitrogens is 1. The van der Waals surface area contributed by atoms with Crippen molar-refractivity contribution >= 4 is 17.6 Å². The van der Waals surface area contributed by atoms with E-state index in [0.29, 0.717) is 6.71 Å². The number of benzene rings is 2. The Kier molecular flexibility index (Phi) is 6.29. The van der Waals surface area contributed by atoms with Gasteiger partial charge in [0.2, 0.25) is 6.71 Å². The van der Waals surface area contributed by atoms with Crippen LogP contribution in [0.3, 0.4) is 0 Å². The zero-order valence-electron chi connectivity index (χ0n) is 14.1. The van der Waals surface area contributed by atoms with Crippen molar-refractivity contribution in [3.63, 3.8) is 0 Å². The van der Waals surface area contributed by atoms with Gasteiger partial charge in [0.1, 0.15) is 0 Å². The van der Waals surface area contributed by atoms with Gasteiger partial charge in [0.05, 0.1) is 6.33 Å². The lowest BCUT2D eigenvalue weighted by molar-refractivity contribution is 0.499. The molecule has 2 nitrogen and oxygen atoms in total. The molecule has 0 saturated heterocycles. The van der Waals surface area contributed by atoms with E-state index in [0.717, 1.165) is 5.82 Å². The third-order valence-corrected chi connectivity index (χ3v) is 4.84. The molecule has 2 aromatic carbocycles. The van der Waals surface area contributed by atoms with E-state index in [1.54, 1.807) is 18.7 Å². The summed E-state index contributed by atoms with van der Waals surface area (Å²) in [6.45, 7) is 0.586. The molecule has 3 heteroatoms. The van der Waals surface area contributed by atoms with Crippen LogP contribution in [0.5, 0.6) is 0 Å². The van der Waals surface area contributed by atoms with Crippen molar-refractivity contribution in [1.29, 1.82) is 0 Å². The number of imidazole rings is 1. The van der Waals surface area contributed by atoms with Crippen LogP contribution < -0.4 is 10.9 Å². The maximum Gasteiger partial charge on any atom is 0.212 e. The molecule has 0 unspecified atom stereocenters. The molecule has 122 valence electrons. The minimum Gasteiger partial charge on any atom is -0.351 e. The van der Waals surface area contributed by atoms with E-state index in [9.17, 15) is 0 Å². The van der Waals surface area contributed by atoms with Crippen LogP contribution in [-0.4, -0.2) is 16.7 Å². The number of hydrogen-bond donors (Lipinski definition) is 1. The van der Waals surface area contributed by atoms with Crippen molar-refractivity contribution in [1.82, 2.24) is 9.97 Å². The fraction of sp³-hybridized carbons (Fsp3) is 0.286. The predicted molar refractivity (Wildman–Crippen MR) is 103 cm³/mol. The standard InChI is InChI=1S/C18H21B.C3H4N2/c1-4-10-16(11-5-1)19(17-12-6-2-7-13-17)18-14-8-3-9-15-18;1-2-5-3-4-1/h1-2,4-7,10-13,18H,3,8-9,14-15H2;1-3H,(H,4,5). The number of hydrogen-bond acceptors (Lipinski definition) is 1. The Morgan fingerprint density at radius 2 is 1.38 bits per heavy atom. The first-order valence-electron chi connectivity index (χ1n) is 8.98. The van der Waals surface area contributed by atoms with Crippen molar-refractivity contribution in [3.8, 4) is 0 Å². The van der Waals surface area contributed by atoms with Crippen LogP contribution in [0.15, 0.2) is 79.4 Å². The Bertz CT molecular complexity index is 605. The number of nitrogens with zero attached hydrogens (tertiary/aromatic N) is 1. The summed E-state index contributed by atoms with van der Waals surface area (Å²) >= 11 is 0. The van der Waals surface area contributed by atoms with Crippen molar-refractivity contribution in [2.45, 2.75) is 37.9 Å². The summed E-state index contributed by atoms with van der Waals surface area (Å²) in [4.78, 5) is 6.42. The molecule has 24 heavy (non-hydrogen) atoms. The topological polar surface area (TPSA) is 28.7 Å². The molecule has 0 atom stereocenters. The van der Waals surface area contributed by atoms with Crippen molar-refractivity contribution in [2.24, 2.45) is 0 Å². The summed E-state index contributed by atoms with van der Waals surface area (Å²) in [5.74, 6) is 0.818. The fourth-order valence-corrected chi connectivity index (χ4v) is 3.74. The number of aromatic amines is 1. The molecule has 1 aliphatic carbocycles. The lowest BCUT2D eigenvalue weighted by Gasteiger charge is -2.28. The Balaban J connectivity index is 0.000000290. The highest BCUT2D eigenvalue weighted by Crippen LogP contribution is 2.31. The average molecular weight is 316 g/mol. The van der Waals surface area contributed by atoms with Crippen LogP contribution in [-0.2, 0) is 0 Å². The molecule has 0 spiro atoms. The third-order valence-electron chi connectivity index (χ3n) is 4.84. The second-order valence-corrected chi connectivity index (χ2v) is 6.46. The number of rotatable bonds is 3. The second-order valence-electron chi connectivity index (χ2n) is 6.46. The van der Waals surface area contributed by atoms with E-state index in [4.69, 9.17) is 0 Å². The van der Waals surface area contributed by atoms with E-state index < -0.39 is 0 Å². The number of nitrogens with one attached hydrogen (secondary N) is 1. The normalized spacial score (nSPS) is 14.5. The Labute approximate surface area is 145 Å². The minimum atomic E-state index is 0.586. The summed E-state index contributed by atoms with van der Waals surface area (Å²) in [5, 5.41) is 0. The summed E-state index contributed by atoms with van der Waals surface area (Å²) in [6, 6.07) is 22.1. The molecule has 1 heterocycles. The lowest BCUT2D eigenvalue weighted by Crippen LogP contribution is -2.46. The summed E-state index contributed by atoms with van der Waals surface area (Å²) in [5.41, 5.74) is 2.97. The number of aromatic nitrogens is 2. The first kappa shape index (κ1) is 16.6. The Morgan fingerprint density at radius 3 is 1.79 bits per heavy atom. The van der Waals surface area contributed by atoms with E-state index in [1.807, 2.05) is 0 Å². The van der Waals surface area contributed by atoms with Crippen molar-refractivity contribution in [2.75, 3.05) is 0 Å². The van der Waals surface area contributed by atoms with E-state index in [1.165, 1.54) is 43.0 Å². The van der Waals surface area contributed by atoms with Gasteiger partial charge in [0.25, 0.3) is 0 Å². The van der Waals surface area contributed by atoms with Gasteiger partial charge in [-0.25, -0.2) is 4.98 Å². The van der Waals surface area contributed by atoms with E-state index >= 15 is 0 Å². The summed E-state index contributed by atoms with van der Waals surface area (Å²) in [6.07, 6.45) is 12.1. The molecule has 0 amide bonds. The molecular formula is C21H25BN2. The lowest BCUT2D eigenvalue weighted by atomic mass is 9.32. The molecule has 4 rings (SSSR count). The van der Waals surface area contributed by atoms with Gasteiger partial charge in [-0.05, 0) is 0 Å². The van der Waals surface area contributed by atoms with Crippen molar-refractivity contribution < 1.29 is 0 Å². The van der Waals surface area contributed by atoms with Gasteiger partial charge in [-0.2, -0.15) is 0 Å². The zero-order valence-corrected chi connectivity index (χ0v) is 14.1. The van der Waals surface area contributed by atoms with Gasteiger partial charge in [-0.1, -0.05) is 110 Å². The first-order valence-corrected chi connectivity index (χ1v) is 8.98. The van der Waals surface area contributed by atoms with E-state index in [-0.39, 0.29) is 0 Å². The highest BCUT2D eigenvalue weighted by Gasteiger charge is 2.29. The van der Waals surface area contributed by atoms with Crippen LogP contribution in [0, 0.1) is 0 Å². The Morgan fingerprint density at radius 1 is 0.792 bits per heavy atom. The molecule has 1 fully saturated rings. The monoisotopic (exact) mass is 316 g/mol. The molecule has 0 aliphatic heterocycles. The van der Waals surface area contributed by atoms with Gasteiger partial charge in [-0.15, -0.1) is 0 Å². The quantitative estimate of drug-likeness (QED) is 0.726. The van der Waals surface area contributed by atoms with Crippen LogP contribution in [0.1, 0.15) is 32.1 Å². The summed E-state index contributed by atoms with van der Waals surface area (Å²) < 4.78 is 0. The van der Waals surface area contributed by atoms with Crippen LogP contribution in [0.4, 0.5) is 0 Å². The molecule has 0 bridgehead atoms. The van der Waals surface area contributed by atoms with Gasteiger partial charge in [0.15, 0.2) is 0 Å². The third kappa shape index (κ3) is 4.61. The van der Waals surface area contributed by atoms with E-state index in [2.05, 4.69) is 70.6 Å². The van der Waals surface area contributed by atoms with Crippen LogP contribution in [0.25, 0.3) is 0 Å². The van der Waals surface area contributed by atoms with Gasteiger partial charge in [-0.3, -0.25) is 0 Å². The maximum atomic E-state index is 3.67. The summed E-state index contributed by atoms with van der Waals surface area (Å²) in [7, 11) is 0. The molecule has 3 aromatic rings.